The van der Waals surface area contributed by atoms with Gasteiger partial charge in [0.2, 0.25) is 0 Å². The van der Waals surface area contributed by atoms with Crippen LogP contribution >= 0.6 is 0 Å². The maximum absolute atomic E-state index is 12.6. The SMILES string of the molecule is CCCCC(CC)COC(=O)c1ccccc1C(=O)OCC(CC)CCCC.CCCCCCc1c(CC)c(CC)cc(C(=O)O)c1C(=O)O. The summed E-state index contributed by atoms with van der Waals surface area (Å²) in [4.78, 5) is 48.2. The highest BCUT2D eigenvalue weighted by Gasteiger charge is 2.25. The first-order valence-corrected chi connectivity index (χ1v) is 19.1. The summed E-state index contributed by atoms with van der Waals surface area (Å²) in [6.45, 7) is 15.4. The number of carbonyl (C=O) groups excluding carboxylic acids is 2. The Kier molecular flexibility index (Phi) is 22.4. The molecule has 50 heavy (non-hydrogen) atoms. The van der Waals surface area contributed by atoms with Crippen molar-refractivity contribution in [2.75, 3.05) is 13.2 Å². The molecule has 0 fully saturated rings. The first kappa shape index (κ1) is 44.3. The molecule has 280 valence electrons. The van der Waals surface area contributed by atoms with Crippen LogP contribution in [0.5, 0.6) is 0 Å². The van der Waals surface area contributed by atoms with E-state index in [1.807, 2.05) is 13.8 Å². The second-order valence-corrected chi connectivity index (χ2v) is 13.1. The predicted octanol–water partition coefficient (Wildman–Crippen LogP) is 10.8. The third kappa shape index (κ3) is 14.7. The molecule has 8 nitrogen and oxygen atoms in total. The normalized spacial score (nSPS) is 12.0. The lowest BCUT2D eigenvalue weighted by atomic mass is 9.86. The summed E-state index contributed by atoms with van der Waals surface area (Å²) in [6.07, 6.45) is 14.9. The molecule has 0 aliphatic carbocycles. The predicted molar refractivity (Wildman–Crippen MR) is 201 cm³/mol. The maximum atomic E-state index is 12.6. The minimum Gasteiger partial charge on any atom is -0.478 e. The van der Waals surface area contributed by atoms with Crippen LogP contribution < -0.4 is 0 Å². The summed E-state index contributed by atoms with van der Waals surface area (Å²) in [7, 11) is 0. The Balaban J connectivity index is 0.000000515. The fourth-order valence-electron chi connectivity index (χ4n) is 6.19. The van der Waals surface area contributed by atoms with Gasteiger partial charge in [0.15, 0.2) is 0 Å². The lowest BCUT2D eigenvalue weighted by Crippen LogP contribution is -2.19. The van der Waals surface area contributed by atoms with E-state index in [1.165, 1.54) is 0 Å². The average molecular weight is 697 g/mol. The second kappa shape index (κ2) is 25.3. The molecule has 2 unspecified atom stereocenters. The van der Waals surface area contributed by atoms with Crippen molar-refractivity contribution in [3.05, 3.63) is 69.3 Å². The van der Waals surface area contributed by atoms with Crippen LogP contribution in [0, 0.1) is 11.8 Å². The summed E-state index contributed by atoms with van der Waals surface area (Å²) in [5.41, 5.74) is 3.18. The van der Waals surface area contributed by atoms with Crippen molar-refractivity contribution < 1.29 is 38.9 Å². The molecule has 0 aliphatic heterocycles. The van der Waals surface area contributed by atoms with Crippen molar-refractivity contribution in [1.82, 2.24) is 0 Å². The van der Waals surface area contributed by atoms with Gasteiger partial charge in [-0.05, 0) is 85.3 Å². The molecular formula is C42H64O8. The monoisotopic (exact) mass is 696 g/mol. The zero-order valence-corrected chi connectivity index (χ0v) is 31.9. The number of hydrogen-bond donors (Lipinski definition) is 2. The molecular weight excluding hydrogens is 632 g/mol. The Morgan fingerprint density at radius 2 is 1.10 bits per heavy atom. The standard InChI is InChI=1S/C24H38O4.C18H26O4/c1-5-9-13-19(7-3)17-27-23(25)21-15-11-12-16-22(21)24(26)28-18-20(8-4)14-10-6-2;1-4-7-8-9-10-14-13(6-3)12(5-2)11-15(17(19)20)16(14)18(21)22/h11-12,15-16,19-20H,5-10,13-14,17-18H2,1-4H3;11H,4-10H2,1-3H3,(H,19,20)(H,21,22). The third-order valence-corrected chi connectivity index (χ3v) is 9.45. The summed E-state index contributed by atoms with van der Waals surface area (Å²) >= 11 is 0. The largest absolute Gasteiger partial charge is 0.478 e. The fourth-order valence-corrected chi connectivity index (χ4v) is 6.19. The number of carboxylic acids is 2. The smallest absolute Gasteiger partial charge is 0.339 e. The van der Waals surface area contributed by atoms with E-state index in [1.54, 1.807) is 30.3 Å². The van der Waals surface area contributed by atoms with Gasteiger partial charge >= 0.3 is 23.9 Å². The van der Waals surface area contributed by atoms with Crippen molar-refractivity contribution in [2.24, 2.45) is 11.8 Å². The summed E-state index contributed by atoms with van der Waals surface area (Å²) < 4.78 is 11.0. The van der Waals surface area contributed by atoms with Gasteiger partial charge in [0.05, 0.1) is 35.5 Å². The molecule has 2 aromatic carbocycles. The highest BCUT2D eigenvalue weighted by Crippen LogP contribution is 2.27. The Hall–Kier alpha value is -3.68. The van der Waals surface area contributed by atoms with Crippen LogP contribution in [0.25, 0.3) is 0 Å². The first-order chi connectivity index (χ1) is 24.0. The number of rotatable bonds is 23. The van der Waals surface area contributed by atoms with Crippen LogP contribution in [-0.4, -0.2) is 47.3 Å². The number of ether oxygens (including phenoxy) is 2. The number of hydrogen-bond acceptors (Lipinski definition) is 6. The fraction of sp³-hybridized carbons (Fsp3) is 0.619. The topological polar surface area (TPSA) is 127 Å². The lowest BCUT2D eigenvalue weighted by molar-refractivity contribution is 0.0381. The molecule has 2 aromatic rings. The van der Waals surface area contributed by atoms with Gasteiger partial charge in [-0.25, -0.2) is 19.2 Å². The average Bonchev–Trinajstić information content (AvgIpc) is 3.12. The zero-order chi connectivity index (χ0) is 37.5. The molecule has 0 radical (unpaired) electrons. The Morgan fingerprint density at radius 3 is 1.48 bits per heavy atom. The lowest BCUT2D eigenvalue weighted by Gasteiger charge is -2.18. The Labute approximate surface area is 301 Å². The molecule has 8 heteroatoms. The molecule has 2 atom stereocenters. The van der Waals surface area contributed by atoms with Gasteiger partial charge in [-0.3, -0.25) is 0 Å². The van der Waals surface area contributed by atoms with Crippen molar-refractivity contribution in [3.63, 3.8) is 0 Å². The van der Waals surface area contributed by atoms with Crippen LogP contribution in [0.1, 0.15) is 184 Å². The van der Waals surface area contributed by atoms with Crippen molar-refractivity contribution in [2.45, 2.75) is 145 Å². The van der Waals surface area contributed by atoms with E-state index in [4.69, 9.17) is 9.47 Å². The Morgan fingerprint density at radius 1 is 0.600 bits per heavy atom. The molecule has 0 heterocycles. The molecule has 0 saturated carbocycles. The minimum absolute atomic E-state index is 0.0157. The van der Waals surface area contributed by atoms with Crippen LogP contribution in [0.15, 0.2) is 30.3 Å². The summed E-state index contributed by atoms with van der Waals surface area (Å²) in [5.74, 6) is -2.45. The van der Waals surface area contributed by atoms with E-state index in [2.05, 4.69) is 34.6 Å². The number of aromatic carboxylic acids is 2. The number of carbonyl (C=O) groups is 4. The van der Waals surface area contributed by atoms with E-state index in [-0.39, 0.29) is 11.1 Å². The van der Waals surface area contributed by atoms with Gasteiger partial charge in [0.1, 0.15) is 0 Å². The van der Waals surface area contributed by atoms with Crippen LogP contribution in [0.4, 0.5) is 0 Å². The molecule has 0 saturated heterocycles. The quantitative estimate of drug-likeness (QED) is 0.0868. The molecule has 0 amide bonds. The van der Waals surface area contributed by atoms with Crippen LogP contribution in [0.2, 0.25) is 0 Å². The molecule has 0 spiro atoms. The van der Waals surface area contributed by atoms with E-state index < -0.39 is 23.9 Å². The molecule has 2 N–H and O–H groups in total. The number of aryl methyl sites for hydroxylation is 1. The van der Waals surface area contributed by atoms with Gasteiger partial charge < -0.3 is 19.7 Å². The minimum atomic E-state index is -1.16. The van der Waals surface area contributed by atoms with Crippen LogP contribution in [-0.2, 0) is 28.7 Å². The first-order valence-electron chi connectivity index (χ1n) is 19.1. The van der Waals surface area contributed by atoms with E-state index >= 15 is 0 Å². The van der Waals surface area contributed by atoms with Gasteiger partial charge in [-0.2, -0.15) is 0 Å². The van der Waals surface area contributed by atoms with Gasteiger partial charge in [0.25, 0.3) is 0 Å². The number of benzene rings is 2. The molecule has 0 bridgehead atoms. The Bertz CT molecular complexity index is 1280. The van der Waals surface area contributed by atoms with E-state index in [9.17, 15) is 29.4 Å². The van der Waals surface area contributed by atoms with Crippen molar-refractivity contribution in [1.29, 1.82) is 0 Å². The number of unbranched alkanes of at least 4 members (excludes halogenated alkanes) is 5. The van der Waals surface area contributed by atoms with Gasteiger partial charge in [-0.1, -0.05) is 118 Å². The zero-order valence-electron chi connectivity index (χ0n) is 31.9. The van der Waals surface area contributed by atoms with Crippen molar-refractivity contribution in [3.8, 4) is 0 Å². The summed E-state index contributed by atoms with van der Waals surface area (Å²) in [5, 5.41) is 18.9. The van der Waals surface area contributed by atoms with Gasteiger partial charge in [-0.15, -0.1) is 0 Å². The maximum Gasteiger partial charge on any atom is 0.339 e. The van der Waals surface area contributed by atoms with E-state index in [0.29, 0.717) is 49.0 Å². The molecule has 0 aliphatic rings. The summed E-state index contributed by atoms with van der Waals surface area (Å²) in [6, 6.07) is 8.32. The highest BCUT2D eigenvalue weighted by atomic mass is 16.5. The van der Waals surface area contributed by atoms with Gasteiger partial charge in [0, 0.05) is 0 Å². The number of esters is 2. The van der Waals surface area contributed by atoms with Crippen LogP contribution in [0.3, 0.4) is 0 Å². The molecule has 2 rings (SSSR count). The third-order valence-electron chi connectivity index (χ3n) is 9.45. The van der Waals surface area contributed by atoms with Crippen molar-refractivity contribution >= 4 is 23.9 Å². The second-order valence-electron chi connectivity index (χ2n) is 13.1. The highest BCUT2D eigenvalue weighted by molar-refractivity contribution is 6.04. The number of carboxylic acid groups (broad SMARTS) is 2. The van der Waals surface area contributed by atoms with E-state index in [0.717, 1.165) is 100 Å². The molecule has 0 aromatic heterocycles.